The quantitative estimate of drug-likeness (QED) is 0.813. The maximum atomic E-state index is 12.5. The number of ether oxygens (including phenoxy) is 2. The number of aliphatic imine (C=N–C) groups is 1. The maximum absolute atomic E-state index is 12.5. The minimum Gasteiger partial charge on any atom is -0.511 e. The van der Waals surface area contributed by atoms with Crippen LogP contribution in [0.2, 0.25) is 0 Å². The van der Waals surface area contributed by atoms with E-state index in [2.05, 4.69) is 4.99 Å². The van der Waals surface area contributed by atoms with E-state index >= 15 is 0 Å². The first-order chi connectivity index (χ1) is 12.6. The Morgan fingerprint density at radius 1 is 1.04 bits per heavy atom. The van der Waals surface area contributed by atoms with Crippen LogP contribution >= 0.6 is 0 Å². The monoisotopic (exact) mass is 351 g/mol. The van der Waals surface area contributed by atoms with Crippen molar-refractivity contribution in [2.45, 2.75) is 18.8 Å². The van der Waals surface area contributed by atoms with Gasteiger partial charge < -0.3 is 14.6 Å². The standard InChI is InChI=1S/C21H21NO4/c1-25-20-9-8-16(12-21(20)26-2)22-13-17-18(23)10-15(11-19(17)24)14-6-4-3-5-7-14/h3-9,12-13,15,23H,10-11H2,1-2H3. The Morgan fingerprint density at radius 3 is 2.42 bits per heavy atom. The lowest BCUT2D eigenvalue weighted by molar-refractivity contribution is -0.116. The van der Waals surface area contributed by atoms with Crippen molar-refractivity contribution in [3.05, 3.63) is 65.4 Å². The molecule has 0 fully saturated rings. The molecule has 0 saturated carbocycles. The average Bonchev–Trinajstić information content (AvgIpc) is 2.67. The predicted octanol–water partition coefficient (Wildman–Crippen LogP) is 4.36. The van der Waals surface area contributed by atoms with Gasteiger partial charge in [0.15, 0.2) is 17.3 Å². The number of nitrogens with zero attached hydrogens (tertiary/aromatic N) is 1. The normalized spacial score (nSPS) is 17.6. The summed E-state index contributed by atoms with van der Waals surface area (Å²) in [4.78, 5) is 16.8. The van der Waals surface area contributed by atoms with E-state index in [9.17, 15) is 9.90 Å². The summed E-state index contributed by atoms with van der Waals surface area (Å²) in [5, 5.41) is 10.4. The molecule has 0 heterocycles. The summed E-state index contributed by atoms with van der Waals surface area (Å²) in [6.45, 7) is 0. The Balaban J connectivity index is 1.81. The fourth-order valence-electron chi connectivity index (χ4n) is 3.06. The molecule has 1 unspecified atom stereocenters. The van der Waals surface area contributed by atoms with Gasteiger partial charge in [0.1, 0.15) is 5.76 Å². The Bertz CT molecular complexity index is 856. The Hall–Kier alpha value is -3.08. The van der Waals surface area contributed by atoms with Gasteiger partial charge in [0.25, 0.3) is 0 Å². The van der Waals surface area contributed by atoms with E-state index in [4.69, 9.17) is 9.47 Å². The minimum absolute atomic E-state index is 0.00179. The molecule has 0 aromatic heterocycles. The second-order valence-corrected chi connectivity index (χ2v) is 6.10. The van der Waals surface area contributed by atoms with Gasteiger partial charge in [0.2, 0.25) is 0 Å². The Kier molecular flexibility index (Phi) is 5.37. The van der Waals surface area contributed by atoms with Crippen molar-refractivity contribution < 1.29 is 19.4 Å². The van der Waals surface area contributed by atoms with E-state index in [1.54, 1.807) is 32.4 Å². The molecule has 0 aliphatic heterocycles. The zero-order valence-electron chi connectivity index (χ0n) is 14.8. The average molecular weight is 351 g/mol. The lowest BCUT2D eigenvalue weighted by atomic mass is 9.83. The summed E-state index contributed by atoms with van der Waals surface area (Å²) in [6.07, 6.45) is 2.23. The van der Waals surface area contributed by atoms with E-state index in [0.29, 0.717) is 30.0 Å². The molecule has 134 valence electrons. The number of rotatable bonds is 5. The SMILES string of the molecule is COc1ccc(N=CC2=C(O)CC(c3ccccc3)CC2=O)cc1OC. The van der Waals surface area contributed by atoms with Crippen molar-refractivity contribution in [2.75, 3.05) is 14.2 Å². The molecule has 2 aromatic rings. The third kappa shape index (κ3) is 3.77. The molecule has 0 bridgehead atoms. The van der Waals surface area contributed by atoms with E-state index in [-0.39, 0.29) is 23.0 Å². The number of aliphatic hydroxyl groups excluding tert-OH is 1. The van der Waals surface area contributed by atoms with Gasteiger partial charge in [-0.05, 0) is 23.6 Å². The van der Waals surface area contributed by atoms with E-state index in [0.717, 1.165) is 5.56 Å². The molecule has 1 N–H and O–H groups in total. The zero-order chi connectivity index (χ0) is 18.5. The number of hydrogen-bond donors (Lipinski definition) is 1. The topological polar surface area (TPSA) is 68.1 Å². The molecule has 0 saturated heterocycles. The molecule has 0 radical (unpaired) electrons. The van der Waals surface area contributed by atoms with Gasteiger partial charge in [-0.1, -0.05) is 30.3 Å². The maximum Gasteiger partial charge on any atom is 0.168 e. The molecule has 26 heavy (non-hydrogen) atoms. The van der Waals surface area contributed by atoms with Gasteiger partial charge in [-0.25, -0.2) is 0 Å². The summed E-state index contributed by atoms with van der Waals surface area (Å²) in [6, 6.07) is 15.0. The smallest absolute Gasteiger partial charge is 0.168 e. The fourth-order valence-corrected chi connectivity index (χ4v) is 3.06. The molecule has 1 aliphatic carbocycles. The molecule has 2 aromatic carbocycles. The lowest BCUT2D eigenvalue weighted by Crippen LogP contribution is -2.19. The predicted molar refractivity (Wildman–Crippen MR) is 101 cm³/mol. The van der Waals surface area contributed by atoms with Crippen molar-refractivity contribution in [3.63, 3.8) is 0 Å². The van der Waals surface area contributed by atoms with E-state index < -0.39 is 0 Å². The van der Waals surface area contributed by atoms with Crippen LogP contribution in [-0.4, -0.2) is 31.3 Å². The molecule has 5 heteroatoms. The molecular formula is C21H21NO4. The van der Waals surface area contributed by atoms with Crippen molar-refractivity contribution in [1.29, 1.82) is 0 Å². The highest BCUT2D eigenvalue weighted by Crippen LogP contribution is 2.34. The number of benzene rings is 2. The minimum atomic E-state index is -0.105. The van der Waals surface area contributed by atoms with Crippen molar-refractivity contribution in [1.82, 2.24) is 0 Å². The van der Waals surface area contributed by atoms with Crippen LogP contribution in [0.4, 0.5) is 5.69 Å². The molecular weight excluding hydrogens is 330 g/mol. The first-order valence-electron chi connectivity index (χ1n) is 8.38. The molecule has 0 spiro atoms. The number of Topliss-reactive ketones (excluding diaryl/α,β-unsaturated/α-hetero) is 1. The van der Waals surface area contributed by atoms with Crippen LogP contribution in [0.25, 0.3) is 0 Å². The second-order valence-electron chi connectivity index (χ2n) is 6.10. The summed E-state index contributed by atoms with van der Waals surface area (Å²) >= 11 is 0. The highest BCUT2D eigenvalue weighted by Gasteiger charge is 2.27. The summed E-state index contributed by atoms with van der Waals surface area (Å²) in [7, 11) is 3.11. The number of carbonyl (C=O) groups is 1. The third-order valence-corrected chi connectivity index (χ3v) is 4.46. The van der Waals surface area contributed by atoms with Gasteiger partial charge in [-0.3, -0.25) is 9.79 Å². The summed E-state index contributed by atoms with van der Waals surface area (Å²) in [5.41, 5.74) is 1.94. The highest BCUT2D eigenvalue weighted by atomic mass is 16.5. The van der Waals surface area contributed by atoms with Crippen LogP contribution in [0, 0.1) is 0 Å². The first kappa shape index (κ1) is 17.7. The van der Waals surface area contributed by atoms with Gasteiger partial charge in [-0.15, -0.1) is 0 Å². The number of allylic oxidation sites excluding steroid dienone is 2. The van der Waals surface area contributed by atoms with E-state index in [1.165, 1.54) is 6.21 Å². The van der Waals surface area contributed by atoms with Gasteiger partial charge in [0, 0.05) is 25.1 Å². The van der Waals surface area contributed by atoms with Crippen LogP contribution < -0.4 is 9.47 Å². The molecule has 5 nitrogen and oxygen atoms in total. The van der Waals surface area contributed by atoms with Crippen molar-refractivity contribution in [2.24, 2.45) is 4.99 Å². The molecule has 1 atom stereocenters. The van der Waals surface area contributed by atoms with Crippen molar-refractivity contribution in [3.8, 4) is 11.5 Å². The Labute approximate surface area is 152 Å². The van der Waals surface area contributed by atoms with Crippen LogP contribution in [0.5, 0.6) is 11.5 Å². The molecule has 3 rings (SSSR count). The van der Waals surface area contributed by atoms with E-state index in [1.807, 2.05) is 30.3 Å². The fraction of sp³-hybridized carbons (Fsp3) is 0.238. The summed E-state index contributed by atoms with van der Waals surface area (Å²) in [5.74, 6) is 1.14. The third-order valence-electron chi connectivity index (χ3n) is 4.46. The lowest BCUT2D eigenvalue weighted by Gasteiger charge is -2.22. The second kappa shape index (κ2) is 7.87. The van der Waals surface area contributed by atoms with Crippen LogP contribution in [0.3, 0.4) is 0 Å². The molecule has 1 aliphatic rings. The van der Waals surface area contributed by atoms with Gasteiger partial charge in [0.05, 0.1) is 25.5 Å². The highest BCUT2D eigenvalue weighted by molar-refractivity contribution is 6.15. The number of ketones is 1. The molecule has 0 amide bonds. The number of carbonyl (C=O) groups excluding carboxylic acids is 1. The van der Waals surface area contributed by atoms with Crippen LogP contribution in [-0.2, 0) is 4.79 Å². The largest absolute Gasteiger partial charge is 0.511 e. The number of aliphatic hydroxyl groups is 1. The van der Waals surface area contributed by atoms with Crippen LogP contribution in [0.1, 0.15) is 24.3 Å². The van der Waals surface area contributed by atoms with Gasteiger partial charge in [-0.2, -0.15) is 0 Å². The first-order valence-corrected chi connectivity index (χ1v) is 8.38. The van der Waals surface area contributed by atoms with Crippen molar-refractivity contribution >= 4 is 17.7 Å². The summed E-state index contributed by atoms with van der Waals surface area (Å²) < 4.78 is 10.4. The van der Waals surface area contributed by atoms with Gasteiger partial charge >= 0.3 is 0 Å². The number of hydrogen-bond acceptors (Lipinski definition) is 5. The number of methoxy groups -OCH3 is 2. The Morgan fingerprint density at radius 2 is 1.77 bits per heavy atom. The van der Waals surface area contributed by atoms with Crippen LogP contribution in [0.15, 0.2) is 64.9 Å². The zero-order valence-corrected chi connectivity index (χ0v) is 14.8.